The second-order valence-electron chi connectivity index (χ2n) is 5.82. The maximum atomic E-state index is 12.5. The third-order valence-electron chi connectivity index (χ3n) is 2.68. The van der Waals surface area contributed by atoms with E-state index in [1.54, 1.807) is 20.8 Å². The van der Waals surface area contributed by atoms with Gasteiger partial charge >= 0.3 is 12.3 Å². The van der Waals surface area contributed by atoms with Crippen LogP contribution in [-0.4, -0.2) is 34.9 Å². The lowest BCUT2D eigenvalue weighted by Crippen LogP contribution is -2.38. The monoisotopic (exact) mass is 319 g/mol. The summed E-state index contributed by atoms with van der Waals surface area (Å²) in [7, 11) is 0. The molecule has 0 spiro atoms. The van der Waals surface area contributed by atoms with Crippen molar-refractivity contribution < 1.29 is 27.8 Å². The summed E-state index contributed by atoms with van der Waals surface area (Å²) in [6.45, 7) is 4.96. The molecule has 0 heterocycles. The van der Waals surface area contributed by atoms with Crippen LogP contribution in [0.3, 0.4) is 0 Å². The Bertz CT molecular complexity index is 492. The molecule has 0 saturated carbocycles. The van der Waals surface area contributed by atoms with Crippen molar-refractivity contribution in [1.29, 1.82) is 0 Å². The predicted molar refractivity (Wildman–Crippen MR) is 75.2 cm³/mol. The number of ether oxygens (including phenoxy) is 1. The predicted octanol–water partition coefficient (Wildman–Crippen LogP) is 3.43. The number of aliphatic hydroxyl groups is 1. The molecule has 22 heavy (non-hydrogen) atoms. The first-order chi connectivity index (χ1) is 10.0. The zero-order chi connectivity index (χ0) is 17.0. The molecule has 0 aliphatic carbocycles. The molecule has 0 bridgehead atoms. The van der Waals surface area contributed by atoms with Crippen molar-refractivity contribution in [3.8, 4) is 0 Å². The van der Waals surface area contributed by atoms with Gasteiger partial charge < -0.3 is 14.7 Å². The van der Waals surface area contributed by atoms with Crippen LogP contribution in [0.5, 0.6) is 0 Å². The van der Waals surface area contributed by atoms with Gasteiger partial charge in [0.05, 0.1) is 12.2 Å². The van der Waals surface area contributed by atoms with E-state index in [2.05, 4.69) is 0 Å². The highest BCUT2D eigenvalue weighted by molar-refractivity contribution is 5.68. The topological polar surface area (TPSA) is 49.8 Å². The number of hydrogen-bond acceptors (Lipinski definition) is 3. The first kappa shape index (κ1) is 18.3. The smallest absolute Gasteiger partial charge is 0.416 e. The van der Waals surface area contributed by atoms with Crippen LogP contribution in [0.15, 0.2) is 24.3 Å². The number of nitrogens with zero attached hydrogens (tertiary/aromatic N) is 1. The van der Waals surface area contributed by atoms with E-state index in [1.165, 1.54) is 17.0 Å². The summed E-state index contributed by atoms with van der Waals surface area (Å²) in [6.07, 6.45) is -5.02. The molecule has 0 aliphatic heterocycles. The van der Waals surface area contributed by atoms with Gasteiger partial charge in [0.25, 0.3) is 0 Å². The molecule has 0 fully saturated rings. The van der Waals surface area contributed by atoms with Crippen LogP contribution in [0, 0.1) is 0 Å². The van der Waals surface area contributed by atoms with Crippen molar-refractivity contribution in [3.63, 3.8) is 0 Å². The molecule has 0 aromatic heterocycles. The minimum absolute atomic E-state index is 0.0376. The highest BCUT2D eigenvalue weighted by atomic mass is 19.4. The first-order valence-electron chi connectivity index (χ1n) is 6.78. The number of rotatable bonds is 4. The molecule has 7 heteroatoms. The Labute approximate surface area is 127 Å². The van der Waals surface area contributed by atoms with Gasteiger partial charge in [-0.3, -0.25) is 0 Å². The summed E-state index contributed by atoms with van der Waals surface area (Å²) in [5, 5.41) is 9.01. The van der Waals surface area contributed by atoms with Crippen LogP contribution >= 0.6 is 0 Å². The van der Waals surface area contributed by atoms with Crippen LogP contribution in [0.25, 0.3) is 0 Å². The van der Waals surface area contributed by atoms with Crippen molar-refractivity contribution in [3.05, 3.63) is 35.4 Å². The van der Waals surface area contributed by atoms with Crippen molar-refractivity contribution in [2.45, 2.75) is 39.1 Å². The molecule has 0 atom stereocenters. The van der Waals surface area contributed by atoms with E-state index < -0.39 is 23.4 Å². The Hall–Kier alpha value is -1.76. The second kappa shape index (κ2) is 7.00. The Kier molecular flexibility index (Phi) is 5.82. The Morgan fingerprint density at radius 2 is 1.73 bits per heavy atom. The fourth-order valence-electron chi connectivity index (χ4n) is 1.70. The summed E-state index contributed by atoms with van der Waals surface area (Å²) in [4.78, 5) is 13.2. The van der Waals surface area contributed by atoms with Gasteiger partial charge in [0.1, 0.15) is 5.60 Å². The normalized spacial score (nSPS) is 12.1. The molecule has 0 saturated heterocycles. The number of alkyl halides is 3. The summed E-state index contributed by atoms with van der Waals surface area (Å²) < 4.78 is 42.7. The van der Waals surface area contributed by atoms with Gasteiger partial charge in [-0.1, -0.05) is 12.1 Å². The molecular formula is C15H20F3NO3. The van der Waals surface area contributed by atoms with E-state index in [9.17, 15) is 18.0 Å². The van der Waals surface area contributed by atoms with Gasteiger partial charge in [-0.2, -0.15) is 13.2 Å². The van der Waals surface area contributed by atoms with Gasteiger partial charge in [-0.25, -0.2) is 4.79 Å². The fourth-order valence-corrected chi connectivity index (χ4v) is 1.70. The van der Waals surface area contributed by atoms with E-state index in [-0.39, 0.29) is 19.7 Å². The largest absolute Gasteiger partial charge is 0.444 e. The van der Waals surface area contributed by atoms with Gasteiger partial charge in [0, 0.05) is 13.1 Å². The molecule has 0 aliphatic rings. The maximum absolute atomic E-state index is 12.5. The van der Waals surface area contributed by atoms with Gasteiger partial charge in [0.15, 0.2) is 0 Å². The minimum atomic E-state index is -4.39. The van der Waals surface area contributed by atoms with Crippen molar-refractivity contribution in [1.82, 2.24) is 4.90 Å². The number of carbonyl (C=O) groups is 1. The maximum Gasteiger partial charge on any atom is 0.416 e. The van der Waals surface area contributed by atoms with Crippen LogP contribution in [0.1, 0.15) is 31.9 Å². The van der Waals surface area contributed by atoms with E-state index in [4.69, 9.17) is 9.84 Å². The van der Waals surface area contributed by atoms with Crippen LogP contribution in [0.4, 0.5) is 18.0 Å². The fraction of sp³-hybridized carbons (Fsp3) is 0.533. The van der Waals surface area contributed by atoms with E-state index in [0.717, 1.165) is 12.1 Å². The standard InChI is InChI=1S/C15H20F3NO3/c1-14(2,3)22-13(21)19(8-9-20)10-11-4-6-12(7-5-11)15(16,17)18/h4-7,20H,8-10H2,1-3H3. The molecule has 1 aromatic carbocycles. The zero-order valence-corrected chi connectivity index (χ0v) is 12.8. The number of amides is 1. The lowest BCUT2D eigenvalue weighted by atomic mass is 10.1. The molecule has 124 valence electrons. The van der Waals surface area contributed by atoms with Crippen molar-refractivity contribution in [2.24, 2.45) is 0 Å². The van der Waals surface area contributed by atoms with Crippen LogP contribution in [0.2, 0.25) is 0 Å². The average Bonchev–Trinajstić information content (AvgIpc) is 2.35. The third-order valence-corrected chi connectivity index (χ3v) is 2.68. The zero-order valence-electron chi connectivity index (χ0n) is 12.8. The highest BCUT2D eigenvalue weighted by Gasteiger charge is 2.30. The Morgan fingerprint density at radius 1 is 1.18 bits per heavy atom. The molecule has 1 N–H and O–H groups in total. The number of hydrogen-bond donors (Lipinski definition) is 1. The van der Waals surface area contributed by atoms with Crippen molar-refractivity contribution in [2.75, 3.05) is 13.2 Å². The molecule has 1 rings (SSSR count). The van der Waals surface area contributed by atoms with Gasteiger partial charge in [0.2, 0.25) is 0 Å². The summed E-state index contributed by atoms with van der Waals surface area (Å²) >= 11 is 0. The number of benzene rings is 1. The summed E-state index contributed by atoms with van der Waals surface area (Å²) in [6, 6.07) is 4.53. The number of halogens is 3. The van der Waals surface area contributed by atoms with Gasteiger partial charge in [-0.05, 0) is 38.5 Å². The van der Waals surface area contributed by atoms with Gasteiger partial charge in [-0.15, -0.1) is 0 Å². The molecule has 0 radical (unpaired) electrons. The van der Waals surface area contributed by atoms with Crippen LogP contribution < -0.4 is 0 Å². The molecular weight excluding hydrogens is 299 g/mol. The number of carbonyl (C=O) groups excluding carboxylic acids is 1. The third kappa shape index (κ3) is 5.93. The summed E-state index contributed by atoms with van der Waals surface area (Å²) in [5.74, 6) is 0. The second-order valence-corrected chi connectivity index (χ2v) is 5.82. The quantitative estimate of drug-likeness (QED) is 0.925. The van der Waals surface area contributed by atoms with E-state index >= 15 is 0 Å². The highest BCUT2D eigenvalue weighted by Crippen LogP contribution is 2.29. The molecule has 1 amide bonds. The molecule has 4 nitrogen and oxygen atoms in total. The SMILES string of the molecule is CC(C)(C)OC(=O)N(CCO)Cc1ccc(C(F)(F)F)cc1. The Balaban J connectivity index is 2.81. The van der Waals surface area contributed by atoms with E-state index in [1.807, 2.05) is 0 Å². The van der Waals surface area contributed by atoms with Crippen molar-refractivity contribution >= 4 is 6.09 Å². The lowest BCUT2D eigenvalue weighted by Gasteiger charge is -2.27. The minimum Gasteiger partial charge on any atom is -0.444 e. The first-order valence-corrected chi connectivity index (χ1v) is 6.78. The lowest BCUT2D eigenvalue weighted by molar-refractivity contribution is -0.137. The molecule has 1 aromatic rings. The average molecular weight is 319 g/mol. The van der Waals surface area contributed by atoms with Crippen LogP contribution in [-0.2, 0) is 17.5 Å². The van der Waals surface area contributed by atoms with E-state index in [0.29, 0.717) is 5.56 Å². The summed E-state index contributed by atoms with van der Waals surface area (Å²) in [5.41, 5.74) is -0.917. The molecule has 0 unspecified atom stereocenters. The Morgan fingerprint density at radius 3 is 2.14 bits per heavy atom. The number of aliphatic hydroxyl groups excluding tert-OH is 1.